The molecule has 0 saturated heterocycles. The monoisotopic (exact) mass is 264 g/mol. The maximum absolute atomic E-state index is 9.66. The Hall–Kier alpha value is -1.40. The summed E-state index contributed by atoms with van der Waals surface area (Å²) < 4.78 is 1.93. The fourth-order valence-electron chi connectivity index (χ4n) is 1.44. The average molecular weight is 264 g/mol. The molecule has 96 valence electrons. The molecule has 1 atom stereocenters. The van der Waals surface area contributed by atoms with Crippen LogP contribution in [0.3, 0.4) is 0 Å². The summed E-state index contributed by atoms with van der Waals surface area (Å²) in [5.41, 5.74) is 0.705. The summed E-state index contributed by atoms with van der Waals surface area (Å²) >= 11 is 1.51. The fraction of sp³-hybridized carbons (Fsp3) is 0.417. The second-order valence-corrected chi connectivity index (χ2v) is 5.07. The number of aromatic nitrogens is 4. The van der Waals surface area contributed by atoms with Gasteiger partial charge in [0.25, 0.3) is 0 Å². The quantitative estimate of drug-likeness (QED) is 0.916. The van der Waals surface area contributed by atoms with Gasteiger partial charge in [-0.25, -0.2) is 0 Å². The Kier molecular flexibility index (Phi) is 3.98. The van der Waals surface area contributed by atoms with Gasteiger partial charge in [0.2, 0.25) is 0 Å². The van der Waals surface area contributed by atoms with E-state index < -0.39 is 6.10 Å². The summed E-state index contributed by atoms with van der Waals surface area (Å²) in [6.07, 6.45) is 1.94. The number of aliphatic hydroxyl groups is 1. The average Bonchev–Trinajstić information content (AvgIpc) is 2.71. The highest BCUT2D eigenvalue weighted by Crippen LogP contribution is 2.26. The Labute approximate surface area is 110 Å². The maximum Gasteiger partial charge on any atom is 0.195 e. The number of aliphatic hydroxyl groups excluding tert-OH is 1. The normalized spacial score (nSPS) is 12.7. The molecule has 0 bridgehead atoms. The van der Waals surface area contributed by atoms with E-state index in [-0.39, 0.29) is 0 Å². The second kappa shape index (κ2) is 5.49. The number of nitrogens with zero attached hydrogens (tertiary/aromatic N) is 4. The summed E-state index contributed by atoms with van der Waals surface area (Å²) in [6, 6.07) is 3.79. The van der Waals surface area contributed by atoms with Crippen molar-refractivity contribution in [3.8, 4) is 0 Å². The first-order valence-corrected chi connectivity index (χ1v) is 6.61. The molecule has 2 rings (SSSR count). The summed E-state index contributed by atoms with van der Waals surface area (Å²) in [5.74, 6) is 0.878. The summed E-state index contributed by atoms with van der Waals surface area (Å²) in [4.78, 5) is 5.24. The first-order valence-electron chi connectivity index (χ1n) is 5.79. The van der Waals surface area contributed by atoms with Crippen LogP contribution in [0.4, 0.5) is 0 Å². The molecular weight excluding hydrogens is 248 g/mol. The van der Waals surface area contributed by atoms with Crippen molar-refractivity contribution in [2.45, 2.75) is 36.4 Å². The van der Waals surface area contributed by atoms with Crippen molar-refractivity contribution in [2.24, 2.45) is 7.05 Å². The minimum Gasteiger partial charge on any atom is -0.387 e. The molecule has 0 spiro atoms. The van der Waals surface area contributed by atoms with Crippen molar-refractivity contribution in [3.05, 3.63) is 29.8 Å². The van der Waals surface area contributed by atoms with Crippen LogP contribution in [0.5, 0.6) is 0 Å². The third-order valence-electron chi connectivity index (χ3n) is 2.75. The van der Waals surface area contributed by atoms with Gasteiger partial charge in [-0.1, -0.05) is 6.92 Å². The smallest absolute Gasteiger partial charge is 0.195 e. The lowest BCUT2D eigenvalue weighted by molar-refractivity contribution is 0.169. The van der Waals surface area contributed by atoms with Gasteiger partial charge in [0.05, 0.1) is 11.8 Å². The van der Waals surface area contributed by atoms with E-state index in [9.17, 15) is 5.11 Å². The van der Waals surface area contributed by atoms with Crippen LogP contribution in [0.25, 0.3) is 0 Å². The highest BCUT2D eigenvalue weighted by atomic mass is 32.2. The summed E-state index contributed by atoms with van der Waals surface area (Å²) in [7, 11) is 1.93. The van der Waals surface area contributed by atoms with Crippen LogP contribution in [-0.2, 0) is 7.05 Å². The topological polar surface area (TPSA) is 63.8 Å². The lowest BCUT2D eigenvalue weighted by atomic mass is 10.2. The SMILES string of the molecule is CC[C@@H](O)c1ccc(Sc2nnc(C)n2C)cn1. The van der Waals surface area contributed by atoms with Gasteiger partial charge in [0.15, 0.2) is 5.16 Å². The van der Waals surface area contributed by atoms with E-state index in [1.54, 1.807) is 6.20 Å². The Morgan fingerprint density at radius 3 is 2.67 bits per heavy atom. The molecule has 1 N–H and O–H groups in total. The molecule has 0 amide bonds. The largest absolute Gasteiger partial charge is 0.387 e. The standard InChI is InChI=1S/C12H16N4OS/c1-4-11(17)10-6-5-9(7-13-10)18-12-15-14-8(2)16(12)3/h5-7,11,17H,4H2,1-3H3/t11-/m1/s1. The van der Waals surface area contributed by atoms with Crippen molar-refractivity contribution in [1.29, 1.82) is 0 Å². The van der Waals surface area contributed by atoms with Crippen LogP contribution in [0.1, 0.15) is 31.0 Å². The van der Waals surface area contributed by atoms with Gasteiger partial charge in [-0.15, -0.1) is 10.2 Å². The number of pyridine rings is 1. The van der Waals surface area contributed by atoms with Crippen LogP contribution in [-0.4, -0.2) is 24.9 Å². The molecule has 0 radical (unpaired) electrons. The highest BCUT2D eigenvalue weighted by molar-refractivity contribution is 7.99. The maximum atomic E-state index is 9.66. The van der Waals surface area contributed by atoms with Crippen molar-refractivity contribution >= 4 is 11.8 Å². The minimum atomic E-state index is -0.485. The third-order valence-corrected chi connectivity index (χ3v) is 3.76. The number of hydrogen-bond donors (Lipinski definition) is 1. The predicted molar refractivity (Wildman–Crippen MR) is 69.4 cm³/mol. The van der Waals surface area contributed by atoms with Gasteiger partial charge in [0.1, 0.15) is 5.82 Å². The number of rotatable bonds is 4. The van der Waals surface area contributed by atoms with Gasteiger partial charge in [-0.3, -0.25) is 4.98 Å². The second-order valence-electron chi connectivity index (χ2n) is 4.03. The molecule has 6 heteroatoms. The number of aryl methyl sites for hydroxylation is 1. The lowest BCUT2D eigenvalue weighted by Crippen LogP contribution is -1.98. The zero-order valence-electron chi connectivity index (χ0n) is 10.7. The van der Waals surface area contributed by atoms with Crippen molar-refractivity contribution in [1.82, 2.24) is 19.7 Å². The molecule has 0 fully saturated rings. The molecule has 0 unspecified atom stereocenters. The first-order chi connectivity index (χ1) is 8.61. The fourth-order valence-corrected chi connectivity index (χ4v) is 2.24. The molecule has 5 nitrogen and oxygen atoms in total. The summed E-state index contributed by atoms with van der Waals surface area (Å²) in [5, 5.41) is 18.6. The third kappa shape index (κ3) is 2.70. The Bertz CT molecular complexity index is 523. The first kappa shape index (κ1) is 13.0. The van der Waals surface area contributed by atoms with Gasteiger partial charge in [0, 0.05) is 18.1 Å². The van der Waals surface area contributed by atoms with Crippen LogP contribution < -0.4 is 0 Å². The molecule has 2 aromatic rings. The molecule has 2 aromatic heterocycles. The van der Waals surface area contributed by atoms with E-state index in [1.165, 1.54) is 11.8 Å². The van der Waals surface area contributed by atoms with E-state index in [2.05, 4.69) is 15.2 Å². The summed E-state index contributed by atoms with van der Waals surface area (Å²) in [6.45, 7) is 3.84. The van der Waals surface area contributed by atoms with Gasteiger partial charge in [-0.2, -0.15) is 0 Å². The van der Waals surface area contributed by atoms with Crippen molar-refractivity contribution in [2.75, 3.05) is 0 Å². The molecule has 0 aliphatic heterocycles. The van der Waals surface area contributed by atoms with E-state index in [0.29, 0.717) is 12.1 Å². The zero-order valence-corrected chi connectivity index (χ0v) is 11.5. The van der Waals surface area contributed by atoms with Crippen LogP contribution >= 0.6 is 11.8 Å². The minimum absolute atomic E-state index is 0.485. The molecule has 0 saturated carbocycles. The Morgan fingerprint density at radius 2 is 2.17 bits per heavy atom. The van der Waals surface area contributed by atoms with E-state index in [0.717, 1.165) is 15.9 Å². The van der Waals surface area contributed by atoms with Crippen molar-refractivity contribution < 1.29 is 5.11 Å². The van der Waals surface area contributed by atoms with Crippen LogP contribution in [0.15, 0.2) is 28.4 Å². The van der Waals surface area contributed by atoms with Crippen LogP contribution in [0, 0.1) is 6.92 Å². The van der Waals surface area contributed by atoms with Crippen molar-refractivity contribution in [3.63, 3.8) is 0 Å². The van der Waals surface area contributed by atoms with E-state index in [4.69, 9.17) is 0 Å². The van der Waals surface area contributed by atoms with E-state index in [1.807, 2.05) is 37.6 Å². The van der Waals surface area contributed by atoms with Gasteiger partial charge >= 0.3 is 0 Å². The zero-order chi connectivity index (χ0) is 13.1. The molecule has 18 heavy (non-hydrogen) atoms. The van der Waals surface area contributed by atoms with Gasteiger partial charge in [-0.05, 0) is 37.2 Å². The highest BCUT2D eigenvalue weighted by Gasteiger charge is 2.09. The Morgan fingerprint density at radius 1 is 1.39 bits per heavy atom. The van der Waals surface area contributed by atoms with Crippen LogP contribution in [0.2, 0.25) is 0 Å². The Balaban J connectivity index is 2.13. The lowest BCUT2D eigenvalue weighted by Gasteiger charge is -2.07. The molecular formula is C12H16N4OS. The molecule has 2 heterocycles. The molecule has 0 aliphatic carbocycles. The molecule has 0 aromatic carbocycles. The van der Waals surface area contributed by atoms with E-state index >= 15 is 0 Å². The molecule has 0 aliphatic rings. The number of hydrogen-bond acceptors (Lipinski definition) is 5. The predicted octanol–water partition coefficient (Wildman–Crippen LogP) is 2.11. The van der Waals surface area contributed by atoms with Gasteiger partial charge < -0.3 is 9.67 Å².